The number of hydrazone groups is 1. The molecule has 8 nitrogen and oxygen atoms in total. The van der Waals surface area contributed by atoms with Gasteiger partial charge >= 0.3 is 5.97 Å². The minimum absolute atomic E-state index is 0.000825. The number of hydrogen-bond acceptors (Lipinski definition) is 6. The Kier molecular flexibility index (Phi) is 8.60. The number of carbonyl (C=O) groups is 2. The number of hydrogen-bond donors (Lipinski definition) is 1. The van der Waals surface area contributed by atoms with Crippen molar-refractivity contribution >= 4 is 33.7 Å². The number of ether oxygens (including phenoxy) is 1. The van der Waals surface area contributed by atoms with Crippen LogP contribution in [0.3, 0.4) is 0 Å². The van der Waals surface area contributed by atoms with Gasteiger partial charge in [0.2, 0.25) is 10.0 Å². The molecular formula is C31H29F2N3O5S. The highest BCUT2D eigenvalue weighted by atomic mass is 32.2. The first-order chi connectivity index (χ1) is 20.1. The van der Waals surface area contributed by atoms with Gasteiger partial charge in [-0.1, -0.05) is 42.0 Å². The molecule has 1 N–H and O–H groups in total. The number of allylic oxidation sites excluding steroid dienone is 1. The Morgan fingerprint density at radius 3 is 2.31 bits per heavy atom. The Hall–Kier alpha value is -4.22. The van der Waals surface area contributed by atoms with Gasteiger partial charge in [0.25, 0.3) is 5.91 Å². The molecule has 5 rings (SSSR count). The highest BCUT2D eigenvalue weighted by Gasteiger charge is 2.43. The summed E-state index contributed by atoms with van der Waals surface area (Å²) < 4.78 is 59.4. The van der Waals surface area contributed by atoms with Crippen LogP contribution in [0.15, 0.2) is 88.4 Å². The van der Waals surface area contributed by atoms with Gasteiger partial charge in [-0.2, -0.15) is 9.82 Å². The molecule has 42 heavy (non-hydrogen) atoms. The van der Waals surface area contributed by atoms with Crippen molar-refractivity contribution in [3.8, 4) is 0 Å². The lowest BCUT2D eigenvalue weighted by molar-refractivity contribution is -0.152. The number of rotatable bonds is 8. The third-order valence-corrected chi connectivity index (χ3v) is 8.69. The fourth-order valence-corrected chi connectivity index (χ4v) is 6.14. The molecule has 11 heteroatoms. The molecule has 218 valence electrons. The van der Waals surface area contributed by atoms with Crippen molar-refractivity contribution in [1.82, 2.24) is 9.73 Å². The lowest BCUT2D eigenvalue weighted by Crippen LogP contribution is -2.36. The summed E-state index contributed by atoms with van der Waals surface area (Å²) >= 11 is 0. The highest BCUT2D eigenvalue weighted by Crippen LogP contribution is 2.44. The van der Waals surface area contributed by atoms with Crippen LogP contribution in [0.25, 0.3) is 6.08 Å². The lowest BCUT2D eigenvalue weighted by Gasteiger charge is -2.29. The second-order valence-corrected chi connectivity index (χ2v) is 12.0. The summed E-state index contributed by atoms with van der Waals surface area (Å²) in [5.41, 5.74) is 3.95. The van der Waals surface area contributed by atoms with Gasteiger partial charge in [-0.3, -0.25) is 9.59 Å². The molecule has 1 aliphatic carbocycles. The molecule has 1 fully saturated rings. The number of amides is 1. The van der Waals surface area contributed by atoms with Crippen molar-refractivity contribution in [1.29, 1.82) is 0 Å². The monoisotopic (exact) mass is 593 g/mol. The number of fused-ring (bicyclic) bond motifs is 1. The summed E-state index contributed by atoms with van der Waals surface area (Å²) in [6.07, 6.45) is 4.18. The Morgan fingerprint density at radius 1 is 1.00 bits per heavy atom. The van der Waals surface area contributed by atoms with E-state index in [4.69, 9.17) is 4.74 Å². The Morgan fingerprint density at radius 2 is 1.64 bits per heavy atom. The number of halogens is 2. The van der Waals surface area contributed by atoms with Crippen LogP contribution in [-0.4, -0.2) is 44.2 Å². The van der Waals surface area contributed by atoms with Crippen molar-refractivity contribution in [3.63, 3.8) is 0 Å². The second kappa shape index (κ2) is 12.3. The smallest absolute Gasteiger partial charge is 0.321 e. The number of benzene rings is 3. The maximum Gasteiger partial charge on any atom is 0.321 e. The predicted molar refractivity (Wildman–Crippen MR) is 152 cm³/mol. The van der Waals surface area contributed by atoms with Gasteiger partial charge < -0.3 is 4.74 Å². The average molecular weight is 594 g/mol. The molecule has 1 aliphatic heterocycles. The maximum atomic E-state index is 13.7. The molecule has 3 aromatic carbocycles. The highest BCUT2D eigenvalue weighted by molar-refractivity contribution is 7.89. The normalized spacial score (nSPS) is 19.4. The van der Waals surface area contributed by atoms with Crippen molar-refractivity contribution in [3.05, 3.63) is 107 Å². The van der Waals surface area contributed by atoms with Gasteiger partial charge in [-0.15, -0.1) is 0 Å². The van der Waals surface area contributed by atoms with Gasteiger partial charge in [-0.05, 0) is 85.4 Å². The molecule has 1 heterocycles. The van der Waals surface area contributed by atoms with Crippen LogP contribution in [0.5, 0.6) is 0 Å². The van der Waals surface area contributed by atoms with Crippen molar-refractivity contribution in [2.45, 2.75) is 37.1 Å². The van der Waals surface area contributed by atoms with E-state index in [0.29, 0.717) is 17.7 Å². The van der Waals surface area contributed by atoms with Gasteiger partial charge in [0.05, 0.1) is 16.6 Å². The zero-order valence-electron chi connectivity index (χ0n) is 22.8. The molecule has 0 saturated heterocycles. The molecule has 3 aromatic rings. The topological polar surface area (TPSA) is 105 Å². The molecule has 0 aromatic heterocycles. The molecule has 2 unspecified atom stereocenters. The third kappa shape index (κ3) is 6.63. The summed E-state index contributed by atoms with van der Waals surface area (Å²) in [6.45, 7) is 0.497. The third-order valence-electron chi connectivity index (χ3n) is 7.27. The molecule has 1 saturated carbocycles. The fraction of sp³-hybridized carbons (Fsp3) is 0.258. The molecule has 2 aliphatic rings. The number of aryl methyl sites for hydroxylation is 1. The Balaban J connectivity index is 1.32. The predicted octanol–water partition coefficient (Wildman–Crippen LogP) is 4.92. The summed E-state index contributed by atoms with van der Waals surface area (Å²) in [6, 6.07) is 17.5. The fourth-order valence-electron chi connectivity index (χ4n) is 5.17. The van der Waals surface area contributed by atoms with E-state index in [-0.39, 0.29) is 16.6 Å². The van der Waals surface area contributed by atoms with Crippen molar-refractivity contribution < 1.29 is 31.5 Å². The number of nitrogens with one attached hydrogen (secondary N) is 1. The van der Waals surface area contributed by atoms with Crippen molar-refractivity contribution in [2.24, 2.45) is 11.0 Å². The second-order valence-electron chi connectivity index (χ2n) is 10.2. The van der Waals surface area contributed by atoms with Crippen molar-refractivity contribution in [2.75, 3.05) is 13.2 Å². The number of esters is 1. The van der Waals surface area contributed by atoms with E-state index in [9.17, 15) is 26.8 Å². The minimum Gasteiger partial charge on any atom is -0.455 e. The summed E-state index contributed by atoms with van der Waals surface area (Å²) in [5.74, 6) is -2.49. The van der Waals surface area contributed by atoms with Crippen LogP contribution in [-0.2, 0) is 24.3 Å². The molecule has 2 atom stereocenters. The summed E-state index contributed by atoms with van der Waals surface area (Å²) in [4.78, 5) is 25.7. The van der Waals surface area contributed by atoms with Crippen LogP contribution in [0.2, 0.25) is 0 Å². The van der Waals surface area contributed by atoms with E-state index in [1.165, 1.54) is 41.4 Å². The van der Waals surface area contributed by atoms with Gasteiger partial charge in [0.15, 0.2) is 6.61 Å². The molecule has 0 radical (unpaired) electrons. The minimum atomic E-state index is -3.95. The van der Waals surface area contributed by atoms with Crippen LogP contribution in [0.4, 0.5) is 8.78 Å². The van der Waals surface area contributed by atoms with E-state index < -0.39 is 46.9 Å². The Bertz CT molecular complexity index is 1640. The largest absolute Gasteiger partial charge is 0.455 e. The van der Waals surface area contributed by atoms with Gasteiger partial charge in [0, 0.05) is 5.92 Å². The van der Waals surface area contributed by atoms with Gasteiger partial charge in [-0.25, -0.2) is 22.2 Å². The van der Waals surface area contributed by atoms with Crippen LogP contribution in [0, 0.1) is 24.5 Å². The van der Waals surface area contributed by atoms with E-state index in [1.807, 2.05) is 13.0 Å². The average Bonchev–Trinajstić information content (AvgIpc) is 3.37. The summed E-state index contributed by atoms with van der Waals surface area (Å²) in [7, 11) is -3.95. The number of carbonyl (C=O) groups excluding carboxylic acids is 2. The zero-order chi connectivity index (χ0) is 29.9. The van der Waals surface area contributed by atoms with Crippen LogP contribution >= 0.6 is 0 Å². The lowest BCUT2D eigenvalue weighted by atomic mass is 9.77. The SMILES string of the molecule is Cc1ccc(S(=O)(=O)NCC(=O)OCC(=O)N2N=C3C(=Cc4ccc(F)cc4)CCCC3C2c2ccc(F)cc2)cc1. The first-order valence-corrected chi connectivity index (χ1v) is 14.9. The first-order valence-electron chi connectivity index (χ1n) is 13.5. The van der Waals surface area contributed by atoms with Crippen LogP contribution < -0.4 is 4.72 Å². The molecule has 0 spiro atoms. The number of sulfonamides is 1. The van der Waals surface area contributed by atoms with Gasteiger partial charge in [0.1, 0.15) is 18.2 Å². The number of nitrogens with zero attached hydrogens (tertiary/aromatic N) is 2. The zero-order valence-corrected chi connectivity index (χ0v) is 23.6. The van der Waals surface area contributed by atoms with E-state index in [1.54, 1.807) is 36.4 Å². The molecule has 0 bridgehead atoms. The van der Waals surface area contributed by atoms with E-state index in [0.717, 1.165) is 29.5 Å². The maximum absolute atomic E-state index is 13.7. The van der Waals surface area contributed by atoms with E-state index in [2.05, 4.69) is 9.82 Å². The van der Waals surface area contributed by atoms with Crippen LogP contribution in [0.1, 0.15) is 42.0 Å². The Labute approximate surface area is 242 Å². The summed E-state index contributed by atoms with van der Waals surface area (Å²) in [5, 5.41) is 5.92. The quantitative estimate of drug-likeness (QED) is 0.374. The molecule has 1 amide bonds. The van der Waals surface area contributed by atoms with E-state index >= 15 is 0 Å². The standard InChI is InChI=1S/C31H29F2N3O5S/c1-20-5-15-26(16-6-20)42(39,40)34-18-29(38)41-19-28(37)36-31(22-9-13-25(33)14-10-22)27-4-2-3-23(30(27)35-36)17-21-7-11-24(32)12-8-21/h5-17,27,31,34H,2-4,18-19H2,1H3. The first kappa shape index (κ1) is 29.3. The molecular weight excluding hydrogens is 564 g/mol.